The Morgan fingerprint density at radius 3 is 1.51 bits per heavy atom. The molecule has 0 atom stereocenters. The summed E-state index contributed by atoms with van der Waals surface area (Å²) in [4.78, 5) is 0. The van der Waals surface area contributed by atoms with E-state index in [1.807, 2.05) is 0 Å². The van der Waals surface area contributed by atoms with E-state index in [0.29, 0.717) is 0 Å². The van der Waals surface area contributed by atoms with Gasteiger partial charge in [-0.05, 0) is 80.9 Å². The van der Waals surface area contributed by atoms with Crippen molar-refractivity contribution < 1.29 is 4.42 Å². The molecule has 0 fully saturated rings. The second kappa shape index (κ2) is 8.19. The number of fused-ring (bicyclic) bond motifs is 16. The van der Waals surface area contributed by atoms with Crippen LogP contribution in [0.4, 0.5) is 0 Å². The molecule has 2 aliphatic carbocycles. The number of hydrogen-bond acceptors (Lipinski definition) is 1. The fourth-order valence-electron chi connectivity index (χ4n) is 8.69. The number of rotatable bonds is 1. The van der Waals surface area contributed by atoms with Crippen LogP contribution in [0, 0.1) is 0 Å². The zero-order chi connectivity index (χ0) is 29.3. The first-order valence-electron chi connectivity index (χ1n) is 15.6. The normalized spacial score (nSPS) is 14.0. The lowest BCUT2D eigenvalue weighted by Gasteiger charge is -2.30. The largest absolute Gasteiger partial charge is 0.456 e. The van der Waals surface area contributed by atoms with E-state index in [9.17, 15) is 0 Å². The molecule has 45 heavy (non-hydrogen) atoms. The molecule has 0 bridgehead atoms. The van der Waals surface area contributed by atoms with Crippen molar-refractivity contribution in [2.24, 2.45) is 0 Å². The highest BCUT2D eigenvalue weighted by Crippen LogP contribution is 2.63. The lowest BCUT2D eigenvalue weighted by molar-refractivity contribution is 0.666. The highest BCUT2D eigenvalue weighted by atomic mass is 16.3. The van der Waals surface area contributed by atoms with E-state index in [4.69, 9.17) is 4.42 Å². The Bertz CT molecular complexity index is 2620. The van der Waals surface area contributed by atoms with Crippen molar-refractivity contribution in [2.45, 2.75) is 5.41 Å². The van der Waals surface area contributed by atoms with E-state index in [0.717, 1.165) is 27.6 Å². The smallest absolute Gasteiger partial charge is 0.137 e. The Kier molecular flexibility index (Phi) is 4.29. The van der Waals surface area contributed by atoms with Crippen LogP contribution in [0.2, 0.25) is 0 Å². The van der Waals surface area contributed by atoms with Crippen molar-refractivity contribution >= 4 is 43.7 Å². The molecule has 0 unspecified atom stereocenters. The molecule has 9 aromatic rings. The Morgan fingerprint density at radius 2 is 0.889 bits per heavy atom. The number of aromatic nitrogens is 1. The maximum absolute atomic E-state index is 6.80. The number of hydrogen-bond donors (Lipinski definition) is 0. The maximum Gasteiger partial charge on any atom is 0.137 e. The van der Waals surface area contributed by atoms with Crippen LogP contribution >= 0.6 is 0 Å². The van der Waals surface area contributed by atoms with Gasteiger partial charge in [-0.15, -0.1) is 0 Å². The summed E-state index contributed by atoms with van der Waals surface area (Å²) in [5, 5.41) is 4.82. The molecule has 0 radical (unpaired) electrons. The predicted molar refractivity (Wildman–Crippen MR) is 184 cm³/mol. The molecular formula is C43H25NO. The van der Waals surface area contributed by atoms with Gasteiger partial charge in [0.1, 0.15) is 11.2 Å². The van der Waals surface area contributed by atoms with Gasteiger partial charge < -0.3 is 8.98 Å². The number of nitrogens with zero attached hydrogens (tertiary/aromatic N) is 1. The van der Waals surface area contributed by atoms with Crippen LogP contribution in [0.5, 0.6) is 0 Å². The molecule has 0 amide bonds. The Morgan fingerprint density at radius 1 is 0.378 bits per heavy atom. The summed E-state index contributed by atoms with van der Waals surface area (Å²) in [6, 6.07) is 55.6. The van der Waals surface area contributed by atoms with Crippen molar-refractivity contribution in [3.05, 3.63) is 174 Å². The molecule has 0 saturated heterocycles. The summed E-state index contributed by atoms with van der Waals surface area (Å²) >= 11 is 0. The van der Waals surface area contributed by atoms with Gasteiger partial charge in [-0.3, -0.25) is 0 Å². The molecule has 2 aliphatic rings. The fourth-order valence-corrected chi connectivity index (χ4v) is 8.69. The molecule has 208 valence electrons. The molecule has 7 aromatic carbocycles. The molecule has 2 heteroatoms. The van der Waals surface area contributed by atoms with Crippen LogP contribution in [0.15, 0.2) is 156 Å². The molecule has 0 N–H and O–H groups in total. The third kappa shape index (κ3) is 2.77. The van der Waals surface area contributed by atoms with Crippen molar-refractivity contribution in [1.82, 2.24) is 4.57 Å². The standard InChI is InChI=1S/C43H25NO/c1-6-16-35-27(11-1)28-12-2-7-17-36(28)43(35)37-18-8-3-13-29(37)33-24-34-32-22-21-26(23-41(32)45-42(34)25-38(33)43)44-39-19-9-4-14-30(39)31-15-5-10-20-40(31)44/h1-25H. The molecule has 2 aromatic heterocycles. The van der Waals surface area contributed by atoms with E-state index < -0.39 is 0 Å². The Hall–Kier alpha value is -5.86. The second-order valence-electron chi connectivity index (χ2n) is 12.4. The SMILES string of the molecule is c1ccc2c(c1)-c1ccccc1C21c2ccccc2-c2cc3c(cc21)oc1cc(-n2c4ccccc4c4ccccc42)ccc13. The quantitative estimate of drug-likeness (QED) is 0.192. The minimum absolute atomic E-state index is 0.375. The molecule has 11 rings (SSSR count). The van der Waals surface area contributed by atoms with Crippen LogP contribution in [-0.4, -0.2) is 4.57 Å². The lowest BCUT2D eigenvalue weighted by Crippen LogP contribution is -2.25. The molecule has 0 saturated carbocycles. The molecular weight excluding hydrogens is 546 g/mol. The van der Waals surface area contributed by atoms with Crippen molar-refractivity contribution in [3.8, 4) is 27.9 Å². The van der Waals surface area contributed by atoms with Gasteiger partial charge >= 0.3 is 0 Å². The monoisotopic (exact) mass is 571 g/mol. The zero-order valence-corrected chi connectivity index (χ0v) is 24.3. The second-order valence-corrected chi connectivity index (χ2v) is 12.4. The fraction of sp³-hybridized carbons (Fsp3) is 0.0233. The first-order valence-corrected chi connectivity index (χ1v) is 15.6. The van der Waals surface area contributed by atoms with Crippen molar-refractivity contribution in [2.75, 3.05) is 0 Å². The van der Waals surface area contributed by atoms with Crippen molar-refractivity contribution in [1.29, 1.82) is 0 Å². The van der Waals surface area contributed by atoms with Gasteiger partial charge in [0.15, 0.2) is 0 Å². The molecule has 2 nitrogen and oxygen atoms in total. The van der Waals surface area contributed by atoms with E-state index in [1.165, 1.54) is 66.3 Å². The number of para-hydroxylation sites is 2. The van der Waals surface area contributed by atoms with Gasteiger partial charge in [-0.2, -0.15) is 0 Å². The predicted octanol–water partition coefficient (Wildman–Crippen LogP) is 11.0. The summed E-state index contributed by atoms with van der Waals surface area (Å²) in [5.41, 5.74) is 15.5. The van der Waals surface area contributed by atoms with Gasteiger partial charge in [0, 0.05) is 33.3 Å². The first kappa shape index (κ1) is 23.6. The Balaban J connectivity index is 1.20. The van der Waals surface area contributed by atoms with E-state index >= 15 is 0 Å². The van der Waals surface area contributed by atoms with Gasteiger partial charge in [0.05, 0.1) is 16.4 Å². The summed E-state index contributed by atoms with van der Waals surface area (Å²) in [6.45, 7) is 0. The van der Waals surface area contributed by atoms with E-state index in [2.05, 4.69) is 156 Å². The number of benzene rings is 7. The summed E-state index contributed by atoms with van der Waals surface area (Å²) in [6.07, 6.45) is 0. The molecule has 1 spiro atoms. The first-order chi connectivity index (χ1) is 22.3. The van der Waals surface area contributed by atoms with Crippen LogP contribution < -0.4 is 0 Å². The summed E-state index contributed by atoms with van der Waals surface area (Å²) in [5.74, 6) is 0. The summed E-state index contributed by atoms with van der Waals surface area (Å²) < 4.78 is 9.16. The topological polar surface area (TPSA) is 18.1 Å². The van der Waals surface area contributed by atoms with Crippen molar-refractivity contribution in [3.63, 3.8) is 0 Å². The van der Waals surface area contributed by atoms with Crippen LogP contribution in [0.1, 0.15) is 22.3 Å². The minimum atomic E-state index is -0.375. The average Bonchev–Trinajstić information content (AvgIpc) is 3.80. The third-order valence-corrected chi connectivity index (χ3v) is 10.4. The maximum atomic E-state index is 6.80. The van der Waals surface area contributed by atoms with Gasteiger partial charge in [-0.25, -0.2) is 0 Å². The minimum Gasteiger partial charge on any atom is -0.456 e. The highest BCUT2D eigenvalue weighted by Gasteiger charge is 2.51. The number of furan rings is 1. The van der Waals surface area contributed by atoms with Crippen LogP contribution in [-0.2, 0) is 5.41 Å². The lowest BCUT2D eigenvalue weighted by atomic mass is 9.70. The molecule has 0 aliphatic heterocycles. The van der Waals surface area contributed by atoms with E-state index in [1.54, 1.807) is 0 Å². The summed E-state index contributed by atoms with van der Waals surface area (Å²) in [7, 11) is 0. The third-order valence-electron chi connectivity index (χ3n) is 10.4. The van der Waals surface area contributed by atoms with Gasteiger partial charge in [-0.1, -0.05) is 109 Å². The van der Waals surface area contributed by atoms with Gasteiger partial charge in [0.25, 0.3) is 0 Å². The zero-order valence-electron chi connectivity index (χ0n) is 24.3. The Labute approximate surface area is 259 Å². The van der Waals surface area contributed by atoms with Crippen LogP contribution in [0.25, 0.3) is 71.7 Å². The van der Waals surface area contributed by atoms with E-state index in [-0.39, 0.29) is 5.41 Å². The van der Waals surface area contributed by atoms with Crippen LogP contribution in [0.3, 0.4) is 0 Å². The average molecular weight is 572 g/mol. The highest BCUT2D eigenvalue weighted by molar-refractivity contribution is 6.11. The van der Waals surface area contributed by atoms with Gasteiger partial charge in [0.2, 0.25) is 0 Å². The molecule has 2 heterocycles.